The van der Waals surface area contributed by atoms with Gasteiger partial charge in [0.15, 0.2) is 0 Å². The third-order valence-corrected chi connectivity index (χ3v) is 2.22. The highest BCUT2D eigenvalue weighted by molar-refractivity contribution is 5.95. The van der Waals surface area contributed by atoms with E-state index in [0.29, 0.717) is 6.07 Å². The lowest BCUT2D eigenvalue weighted by molar-refractivity contribution is -0.144. The van der Waals surface area contributed by atoms with Gasteiger partial charge in [-0.25, -0.2) is 0 Å². The molecule has 0 bridgehead atoms. The van der Waals surface area contributed by atoms with Crippen molar-refractivity contribution >= 4 is 5.91 Å². The summed E-state index contributed by atoms with van der Waals surface area (Å²) in [5, 5.41) is 0. The number of amides is 1. The molecule has 0 fully saturated rings. The van der Waals surface area contributed by atoms with Gasteiger partial charge in [0, 0.05) is 0 Å². The second-order valence-corrected chi connectivity index (χ2v) is 3.46. The minimum atomic E-state index is -5.14. The lowest BCUT2D eigenvalue weighted by atomic mass is 10.0. The average Bonchev–Trinajstić information content (AvgIpc) is 2.24. The number of hydrogen-bond donors (Lipinski definition) is 1. The van der Waals surface area contributed by atoms with Crippen LogP contribution in [0.15, 0.2) is 12.1 Å². The fourth-order valence-electron chi connectivity index (χ4n) is 1.41. The Balaban J connectivity index is 3.67. The summed E-state index contributed by atoms with van der Waals surface area (Å²) in [6, 6.07) is 0.132. The van der Waals surface area contributed by atoms with Gasteiger partial charge in [0.1, 0.15) is 5.75 Å². The van der Waals surface area contributed by atoms with E-state index >= 15 is 0 Å². The van der Waals surface area contributed by atoms with E-state index in [2.05, 4.69) is 4.74 Å². The largest absolute Gasteiger partial charge is 0.496 e. The molecule has 1 aromatic carbocycles. The van der Waals surface area contributed by atoms with Gasteiger partial charge in [-0.2, -0.15) is 26.3 Å². The number of ether oxygens (including phenoxy) is 1. The highest BCUT2D eigenvalue weighted by atomic mass is 19.4. The van der Waals surface area contributed by atoms with E-state index in [1.165, 1.54) is 0 Å². The first-order valence-electron chi connectivity index (χ1n) is 4.64. The van der Waals surface area contributed by atoms with Crippen molar-refractivity contribution in [1.82, 2.24) is 0 Å². The normalized spacial score (nSPS) is 12.4. The molecule has 3 nitrogen and oxygen atoms in total. The molecule has 0 aliphatic carbocycles. The van der Waals surface area contributed by atoms with E-state index < -0.39 is 40.7 Å². The molecule has 0 heterocycles. The molecule has 19 heavy (non-hydrogen) atoms. The summed E-state index contributed by atoms with van der Waals surface area (Å²) in [6.07, 6.45) is -10.2. The van der Waals surface area contributed by atoms with Gasteiger partial charge in [0.2, 0.25) is 5.91 Å². The number of nitrogens with two attached hydrogens (primary N) is 1. The van der Waals surface area contributed by atoms with Gasteiger partial charge in [-0.1, -0.05) is 0 Å². The summed E-state index contributed by atoms with van der Waals surface area (Å²) < 4.78 is 79.8. The molecule has 0 atom stereocenters. The van der Waals surface area contributed by atoms with Gasteiger partial charge in [0.05, 0.1) is 23.8 Å². The number of alkyl halides is 6. The third-order valence-electron chi connectivity index (χ3n) is 2.22. The van der Waals surface area contributed by atoms with Crippen LogP contribution in [0.5, 0.6) is 5.75 Å². The topological polar surface area (TPSA) is 52.3 Å². The Hall–Kier alpha value is -1.93. The minimum Gasteiger partial charge on any atom is -0.496 e. The zero-order valence-electron chi connectivity index (χ0n) is 9.32. The van der Waals surface area contributed by atoms with E-state index in [0.717, 1.165) is 7.11 Å². The Bertz CT molecular complexity index is 506. The van der Waals surface area contributed by atoms with E-state index in [9.17, 15) is 31.1 Å². The van der Waals surface area contributed by atoms with Crippen LogP contribution < -0.4 is 10.5 Å². The summed E-state index contributed by atoms with van der Waals surface area (Å²) in [7, 11) is 0.836. The van der Waals surface area contributed by atoms with Gasteiger partial charge in [-0.05, 0) is 12.1 Å². The van der Waals surface area contributed by atoms with Gasteiger partial charge in [-0.15, -0.1) is 0 Å². The van der Waals surface area contributed by atoms with Crippen molar-refractivity contribution in [1.29, 1.82) is 0 Å². The molecular weight excluding hydrogens is 280 g/mol. The highest BCUT2D eigenvalue weighted by Crippen LogP contribution is 2.42. The molecular formula is C10H7F6NO2. The number of carbonyl (C=O) groups is 1. The summed E-state index contributed by atoms with van der Waals surface area (Å²) in [5.41, 5.74) is 0.244. The predicted molar refractivity (Wildman–Crippen MR) is 51.5 cm³/mol. The van der Waals surface area contributed by atoms with Crippen LogP contribution in [-0.4, -0.2) is 13.0 Å². The molecule has 1 amide bonds. The van der Waals surface area contributed by atoms with E-state index in [1.54, 1.807) is 0 Å². The number of methoxy groups -OCH3 is 1. The number of carbonyl (C=O) groups excluding carboxylic acids is 1. The van der Waals surface area contributed by atoms with Crippen LogP contribution in [0.25, 0.3) is 0 Å². The zero-order valence-corrected chi connectivity index (χ0v) is 9.32. The molecule has 0 aromatic heterocycles. The van der Waals surface area contributed by atoms with Crippen molar-refractivity contribution in [2.45, 2.75) is 12.4 Å². The number of hydrogen-bond acceptors (Lipinski definition) is 2. The number of benzene rings is 1. The SMILES string of the molecule is COc1cc(C(N)=O)c(C(F)(F)F)cc1C(F)(F)F. The summed E-state index contributed by atoms with van der Waals surface area (Å²) >= 11 is 0. The maximum Gasteiger partial charge on any atom is 0.419 e. The van der Waals surface area contributed by atoms with E-state index in [-0.39, 0.29) is 6.07 Å². The molecule has 1 aromatic rings. The van der Waals surface area contributed by atoms with Gasteiger partial charge in [0.25, 0.3) is 0 Å². The molecule has 0 spiro atoms. The van der Waals surface area contributed by atoms with Crippen molar-refractivity contribution < 1.29 is 35.9 Å². The summed E-state index contributed by atoms with van der Waals surface area (Å²) in [5.74, 6) is -2.41. The first-order chi connectivity index (χ1) is 8.48. The van der Waals surface area contributed by atoms with E-state index in [1.807, 2.05) is 0 Å². The third kappa shape index (κ3) is 3.09. The molecule has 1 rings (SSSR count). The number of halogens is 6. The van der Waals surface area contributed by atoms with E-state index in [4.69, 9.17) is 5.73 Å². The van der Waals surface area contributed by atoms with Crippen LogP contribution in [0.4, 0.5) is 26.3 Å². The van der Waals surface area contributed by atoms with Gasteiger partial charge in [-0.3, -0.25) is 4.79 Å². The van der Waals surface area contributed by atoms with Crippen molar-refractivity contribution in [2.24, 2.45) is 5.73 Å². The monoisotopic (exact) mass is 287 g/mol. The molecule has 0 saturated carbocycles. The van der Waals surface area contributed by atoms with Crippen molar-refractivity contribution in [3.05, 3.63) is 28.8 Å². The van der Waals surface area contributed by atoms with Crippen molar-refractivity contribution in [2.75, 3.05) is 7.11 Å². The van der Waals surface area contributed by atoms with Crippen LogP contribution in [0.1, 0.15) is 21.5 Å². The van der Waals surface area contributed by atoms with Crippen LogP contribution in [0.2, 0.25) is 0 Å². The second kappa shape index (κ2) is 4.63. The fourth-order valence-corrected chi connectivity index (χ4v) is 1.41. The predicted octanol–water partition coefficient (Wildman–Crippen LogP) is 2.83. The Kier molecular flexibility index (Phi) is 3.69. The molecule has 0 radical (unpaired) electrons. The van der Waals surface area contributed by atoms with Crippen molar-refractivity contribution in [3.63, 3.8) is 0 Å². The van der Waals surface area contributed by atoms with Crippen LogP contribution in [0, 0.1) is 0 Å². The van der Waals surface area contributed by atoms with Gasteiger partial charge >= 0.3 is 12.4 Å². The van der Waals surface area contributed by atoms with Crippen LogP contribution >= 0.6 is 0 Å². The molecule has 0 aliphatic heterocycles. The van der Waals surface area contributed by atoms with Crippen LogP contribution in [0.3, 0.4) is 0 Å². The maximum atomic E-state index is 12.6. The molecule has 9 heteroatoms. The Labute approximate surface area is 102 Å². The molecule has 0 unspecified atom stereocenters. The molecule has 0 saturated heterocycles. The zero-order chi connectivity index (χ0) is 15.0. The quantitative estimate of drug-likeness (QED) is 0.850. The Morgan fingerprint density at radius 1 is 1.05 bits per heavy atom. The molecule has 106 valence electrons. The number of rotatable bonds is 2. The summed E-state index contributed by atoms with van der Waals surface area (Å²) in [4.78, 5) is 10.9. The lowest BCUT2D eigenvalue weighted by Gasteiger charge is -2.17. The average molecular weight is 287 g/mol. The maximum absolute atomic E-state index is 12.6. The fraction of sp³-hybridized carbons (Fsp3) is 0.300. The smallest absolute Gasteiger partial charge is 0.419 e. The number of primary amides is 1. The Morgan fingerprint density at radius 2 is 1.53 bits per heavy atom. The first-order valence-corrected chi connectivity index (χ1v) is 4.64. The standard InChI is InChI=1S/C10H7F6NO2/c1-19-7-2-4(8(17)18)5(9(11,12)13)3-6(7)10(14,15)16/h2-3H,1H3,(H2,17,18). The van der Waals surface area contributed by atoms with Crippen molar-refractivity contribution in [3.8, 4) is 5.75 Å². The highest BCUT2D eigenvalue weighted by Gasteiger charge is 2.41. The molecule has 2 N–H and O–H groups in total. The molecule has 0 aliphatic rings. The minimum absolute atomic E-state index is 0.196. The first kappa shape index (κ1) is 15.1. The lowest BCUT2D eigenvalue weighted by Crippen LogP contribution is -2.21. The van der Waals surface area contributed by atoms with Gasteiger partial charge < -0.3 is 10.5 Å². The Morgan fingerprint density at radius 3 is 1.84 bits per heavy atom. The second-order valence-electron chi connectivity index (χ2n) is 3.46. The summed E-state index contributed by atoms with van der Waals surface area (Å²) in [6.45, 7) is 0. The van der Waals surface area contributed by atoms with Crippen LogP contribution in [-0.2, 0) is 12.4 Å².